The fourth-order valence-corrected chi connectivity index (χ4v) is 1.98. The molecule has 2 unspecified atom stereocenters. The third-order valence-corrected chi connectivity index (χ3v) is 3.22. The van der Waals surface area contributed by atoms with Gasteiger partial charge in [-0.15, -0.1) is 0 Å². The van der Waals surface area contributed by atoms with E-state index >= 15 is 0 Å². The molecule has 0 amide bonds. The topological polar surface area (TPSA) is 108 Å². The second-order valence-electron chi connectivity index (χ2n) is 4.89. The number of rotatable bonds is 4. The third-order valence-electron chi connectivity index (χ3n) is 3.22. The summed E-state index contributed by atoms with van der Waals surface area (Å²) in [6, 6.07) is 0.282. The maximum Gasteiger partial charge on any atom is 0.430 e. The maximum absolute atomic E-state index is 11.2. The Bertz CT molecular complexity index is 475. The van der Waals surface area contributed by atoms with Gasteiger partial charge in [0.25, 0.3) is 0 Å². The highest BCUT2D eigenvalue weighted by molar-refractivity contribution is 5.88. The Hall–Kier alpha value is -2.10. The van der Waals surface area contributed by atoms with E-state index in [0.717, 1.165) is 17.7 Å². The molecule has 132 valence electrons. The zero-order valence-electron chi connectivity index (χ0n) is 12.6. The molecule has 2 atom stereocenters. The lowest BCUT2D eigenvalue weighted by Crippen LogP contribution is -3.13. The number of alkyl halides is 3. The number of halogens is 3. The number of carbonyl (C=O) groups excluding carboxylic acids is 2. The predicted octanol–water partition coefficient (Wildman–Crippen LogP) is -1.46. The quantitative estimate of drug-likeness (QED) is 0.605. The first-order valence-electron chi connectivity index (χ1n) is 6.58. The van der Waals surface area contributed by atoms with Crippen molar-refractivity contribution in [3.8, 4) is 0 Å². The summed E-state index contributed by atoms with van der Waals surface area (Å²) in [5.41, 5.74) is 0.710. The van der Waals surface area contributed by atoms with Gasteiger partial charge in [0.2, 0.25) is 0 Å². The fraction of sp³-hybridized carbons (Fsp3) is 0.615. The summed E-state index contributed by atoms with van der Waals surface area (Å²) in [5.74, 6) is -4.07. The monoisotopic (exact) mass is 341 g/mol. The van der Waals surface area contributed by atoms with Crippen molar-refractivity contribution in [3.63, 3.8) is 0 Å². The standard InChI is InChI=1S/C11H17NO4.C2HF3O2/c1-12(7-10(13)14)9-5-3-8(4-6-9)11(15)16-2;3-2(4,5)1(6)7/h3,9H,4-7H2,1-2H3,(H,13,14);(H,6,7). The van der Waals surface area contributed by atoms with Gasteiger partial charge in [-0.3, -0.25) is 0 Å². The minimum Gasteiger partial charge on any atom is -0.542 e. The van der Waals surface area contributed by atoms with Gasteiger partial charge < -0.3 is 24.6 Å². The first-order chi connectivity index (χ1) is 10.5. The molecule has 23 heavy (non-hydrogen) atoms. The molecule has 0 aromatic carbocycles. The molecule has 0 spiro atoms. The number of quaternary nitrogens is 1. The van der Waals surface area contributed by atoms with Gasteiger partial charge in [0, 0.05) is 18.4 Å². The molecule has 0 heterocycles. The van der Waals surface area contributed by atoms with E-state index in [-0.39, 0.29) is 18.6 Å². The van der Waals surface area contributed by atoms with Crippen LogP contribution in [0.2, 0.25) is 0 Å². The van der Waals surface area contributed by atoms with Crippen molar-refractivity contribution in [2.75, 3.05) is 20.7 Å². The largest absolute Gasteiger partial charge is 0.542 e. The third kappa shape index (κ3) is 8.19. The van der Waals surface area contributed by atoms with Crippen LogP contribution >= 0.6 is 0 Å². The molecule has 2 N–H and O–H groups in total. The molecule has 10 heteroatoms. The molecule has 0 fully saturated rings. The molecule has 0 aromatic rings. The van der Waals surface area contributed by atoms with E-state index in [1.165, 1.54) is 7.11 Å². The number of ether oxygens (including phenoxy) is 1. The van der Waals surface area contributed by atoms with Crippen molar-refractivity contribution < 1.29 is 47.4 Å². The van der Waals surface area contributed by atoms with Crippen LogP contribution in [0.4, 0.5) is 13.2 Å². The number of methoxy groups -OCH3 is 1. The normalized spacial score (nSPS) is 18.8. The molecule has 0 radical (unpaired) electrons. The highest BCUT2D eigenvalue weighted by Crippen LogP contribution is 2.17. The van der Waals surface area contributed by atoms with Crippen LogP contribution in [0.3, 0.4) is 0 Å². The highest BCUT2D eigenvalue weighted by Gasteiger charge is 2.29. The average Bonchev–Trinajstić information content (AvgIpc) is 2.45. The summed E-state index contributed by atoms with van der Waals surface area (Å²) in [5, 5.41) is 17.5. The molecular weight excluding hydrogens is 323 g/mol. The molecule has 0 bridgehead atoms. The number of aliphatic carboxylic acids is 2. The zero-order chi connectivity index (χ0) is 18.2. The highest BCUT2D eigenvalue weighted by atomic mass is 19.4. The Morgan fingerprint density at radius 3 is 2.26 bits per heavy atom. The SMILES string of the molecule is COC(=O)C1=CCC([NH+](C)CC(=O)O)CC1.O=C([O-])C(F)(F)F. The lowest BCUT2D eigenvalue weighted by molar-refractivity contribution is -0.898. The molecule has 0 aliphatic heterocycles. The average molecular weight is 341 g/mol. The van der Waals surface area contributed by atoms with E-state index in [9.17, 15) is 22.8 Å². The number of nitrogens with one attached hydrogen (secondary N) is 1. The summed E-state index contributed by atoms with van der Waals surface area (Å²) in [4.78, 5) is 31.6. The number of carbonyl (C=O) groups is 3. The molecule has 0 saturated heterocycles. The Kier molecular flexibility index (Phi) is 8.30. The Balaban J connectivity index is 0.000000585. The maximum atomic E-state index is 11.2. The number of esters is 1. The summed E-state index contributed by atoms with van der Waals surface area (Å²) in [6.45, 7) is 0.117. The van der Waals surface area contributed by atoms with E-state index in [4.69, 9.17) is 15.0 Å². The lowest BCUT2D eigenvalue weighted by atomic mass is 9.94. The molecule has 1 aliphatic carbocycles. The van der Waals surface area contributed by atoms with Crippen molar-refractivity contribution in [2.45, 2.75) is 31.5 Å². The first-order valence-corrected chi connectivity index (χ1v) is 6.58. The van der Waals surface area contributed by atoms with Gasteiger partial charge in [-0.25, -0.2) is 9.59 Å². The second kappa shape index (κ2) is 9.13. The number of carboxylic acid groups (broad SMARTS) is 2. The minimum absolute atomic E-state index is 0.117. The van der Waals surface area contributed by atoms with Crippen LogP contribution in [0.15, 0.2) is 11.6 Å². The Morgan fingerprint density at radius 2 is 1.96 bits per heavy atom. The van der Waals surface area contributed by atoms with Crippen LogP contribution in [0.25, 0.3) is 0 Å². The van der Waals surface area contributed by atoms with Crippen LogP contribution in [-0.4, -0.2) is 55.9 Å². The van der Waals surface area contributed by atoms with Crippen LogP contribution in [-0.2, 0) is 19.1 Å². The van der Waals surface area contributed by atoms with E-state index in [2.05, 4.69) is 4.74 Å². The van der Waals surface area contributed by atoms with E-state index in [1.54, 1.807) is 0 Å². The summed E-state index contributed by atoms with van der Waals surface area (Å²) >= 11 is 0. The molecular formula is C13H18F3NO6. The van der Waals surface area contributed by atoms with Gasteiger partial charge in [0.05, 0.1) is 20.2 Å². The van der Waals surface area contributed by atoms with E-state index < -0.39 is 18.1 Å². The molecule has 0 aromatic heterocycles. The Morgan fingerprint density at radius 1 is 1.43 bits per heavy atom. The molecule has 0 saturated carbocycles. The molecule has 1 rings (SSSR count). The van der Waals surface area contributed by atoms with Gasteiger partial charge in [-0.05, 0) is 6.42 Å². The lowest BCUT2D eigenvalue weighted by Gasteiger charge is -2.26. The van der Waals surface area contributed by atoms with Crippen LogP contribution in [0, 0.1) is 0 Å². The van der Waals surface area contributed by atoms with Crippen LogP contribution in [0.1, 0.15) is 19.3 Å². The fourth-order valence-electron chi connectivity index (χ4n) is 1.98. The Labute approximate surface area is 130 Å². The smallest absolute Gasteiger partial charge is 0.430 e. The molecule has 7 nitrogen and oxygen atoms in total. The minimum atomic E-state index is -5.19. The number of carboxylic acids is 2. The van der Waals surface area contributed by atoms with Crippen molar-refractivity contribution in [2.24, 2.45) is 0 Å². The van der Waals surface area contributed by atoms with Crippen molar-refractivity contribution in [1.29, 1.82) is 0 Å². The van der Waals surface area contributed by atoms with Crippen LogP contribution < -0.4 is 10.0 Å². The molecule has 1 aliphatic rings. The van der Waals surface area contributed by atoms with Crippen molar-refractivity contribution >= 4 is 17.9 Å². The number of likely N-dealkylation sites (N-methyl/N-ethyl adjacent to an activating group) is 1. The van der Waals surface area contributed by atoms with Crippen LogP contribution in [0.5, 0.6) is 0 Å². The van der Waals surface area contributed by atoms with E-state index in [1.807, 2.05) is 13.1 Å². The van der Waals surface area contributed by atoms with Gasteiger partial charge in [0.1, 0.15) is 5.97 Å². The zero-order valence-corrected chi connectivity index (χ0v) is 12.6. The number of hydrogen-bond acceptors (Lipinski definition) is 5. The van der Waals surface area contributed by atoms with Gasteiger partial charge in [-0.2, -0.15) is 13.2 Å². The van der Waals surface area contributed by atoms with Crippen molar-refractivity contribution in [3.05, 3.63) is 11.6 Å². The van der Waals surface area contributed by atoms with Crippen molar-refractivity contribution in [1.82, 2.24) is 0 Å². The summed E-state index contributed by atoms with van der Waals surface area (Å²) in [6.07, 6.45) is -1.08. The summed E-state index contributed by atoms with van der Waals surface area (Å²) in [7, 11) is 3.24. The van der Waals surface area contributed by atoms with Gasteiger partial charge >= 0.3 is 18.1 Å². The number of hydrogen-bond donors (Lipinski definition) is 2. The predicted molar refractivity (Wildman–Crippen MR) is 68.2 cm³/mol. The second-order valence-corrected chi connectivity index (χ2v) is 4.89. The van der Waals surface area contributed by atoms with E-state index in [0.29, 0.717) is 12.0 Å². The summed E-state index contributed by atoms with van der Waals surface area (Å²) < 4.78 is 36.2. The van der Waals surface area contributed by atoms with Gasteiger partial charge in [0.15, 0.2) is 6.54 Å². The van der Waals surface area contributed by atoms with Gasteiger partial charge in [-0.1, -0.05) is 6.08 Å². The first kappa shape index (κ1) is 20.9.